The molecule has 0 atom stereocenters. The number of carbonyl (C=O) groups is 2. The van der Waals surface area contributed by atoms with Gasteiger partial charge in [-0.25, -0.2) is 18.4 Å². The van der Waals surface area contributed by atoms with E-state index >= 15 is 0 Å². The summed E-state index contributed by atoms with van der Waals surface area (Å²) in [5.41, 5.74) is -1.41. The quantitative estimate of drug-likeness (QED) is 0.654. The SMILES string of the molecule is C=CCOC(=O)Nc1cc(F)c(Br)c(F)c1C(=O)O. The second kappa shape index (κ2) is 6.28. The van der Waals surface area contributed by atoms with Crippen LogP contribution in [0.4, 0.5) is 19.3 Å². The lowest BCUT2D eigenvalue weighted by Crippen LogP contribution is -2.17. The van der Waals surface area contributed by atoms with Gasteiger partial charge in [-0.1, -0.05) is 12.7 Å². The molecular weight excluding hydrogens is 328 g/mol. The monoisotopic (exact) mass is 335 g/mol. The normalized spacial score (nSPS) is 9.84. The number of rotatable bonds is 4. The zero-order valence-corrected chi connectivity index (χ0v) is 11.0. The molecule has 0 saturated carbocycles. The van der Waals surface area contributed by atoms with Crippen molar-refractivity contribution in [2.75, 3.05) is 11.9 Å². The average Bonchev–Trinajstić information content (AvgIpc) is 2.33. The Morgan fingerprint density at radius 2 is 2.16 bits per heavy atom. The van der Waals surface area contributed by atoms with Crippen LogP contribution in [0.15, 0.2) is 23.2 Å². The Morgan fingerprint density at radius 3 is 2.68 bits per heavy atom. The van der Waals surface area contributed by atoms with Gasteiger partial charge in [-0.2, -0.15) is 0 Å². The van der Waals surface area contributed by atoms with E-state index in [1.54, 1.807) is 0 Å². The third-order valence-corrected chi connectivity index (χ3v) is 2.67. The highest BCUT2D eigenvalue weighted by atomic mass is 79.9. The molecule has 0 unspecified atom stereocenters. The van der Waals surface area contributed by atoms with Crippen molar-refractivity contribution in [2.45, 2.75) is 0 Å². The highest BCUT2D eigenvalue weighted by Crippen LogP contribution is 2.29. The number of ether oxygens (including phenoxy) is 1. The van der Waals surface area contributed by atoms with Gasteiger partial charge in [-0.15, -0.1) is 0 Å². The number of carboxylic acid groups (broad SMARTS) is 1. The minimum Gasteiger partial charge on any atom is -0.478 e. The van der Waals surface area contributed by atoms with E-state index in [2.05, 4.69) is 27.2 Å². The van der Waals surface area contributed by atoms with Crippen LogP contribution in [0.1, 0.15) is 10.4 Å². The summed E-state index contributed by atoms with van der Waals surface area (Å²) in [6, 6.07) is 0.672. The van der Waals surface area contributed by atoms with E-state index in [4.69, 9.17) is 5.11 Å². The molecular formula is C11H8BrF2NO4. The lowest BCUT2D eigenvalue weighted by Gasteiger charge is -2.10. The molecule has 0 aliphatic heterocycles. The van der Waals surface area contributed by atoms with Crippen LogP contribution in [0.5, 0.6) is 0 Å². The molecule has 102 valence electrons. The van der Waals surface area contributed by atoms with Crippen LogP contribution in [-0.2, 0) is 4.74 Å². The second-order valence-electron chi connectivity index (χ2n) is 3.23. The zero-order valence-electron chi connectivity index (χ0n) is 9.37. The molecule has 1 rings (SSSR count). The number of hydrogen-bond acceptors (Lipinski definition) is 3. The molecule has 1 amide bonds. The summed E-state index contributed by atoms with van der Waals surface area (Å²) >= 11 is 2.57. The number of amides is 1. The summed E-state index contributed by atoms with van der Waals surface area (Å²) in [4.78, 5) is 22.1. The maximum absolute atomic E-state index is 13.6. The number of nitrogens with one attached hydrogen (secondary N) is 1. The fourth-order valence-corrected chi connectivity index (χ4v) is 1.50. The van der Waals surface area contributed by atoms with E-state index in [9.17, 15) is 18.4 Å². The molecule has 1 aromatic rings. The van der Waals surface area contributed by atoms with Crippen molar-refractivity contribution >= 4 is 33.7 Å². The van der Waals surface area contributed by atoms with Gasteiger partial charge in [0.15, 0.2) is 5.82 Å². The van der Waals surface area contributed by atoms with Gasteiger partial charge in [-0.3, -0.25) is 5.32 Å². The molecule has 0 fully saturated rings. The molecule has 0 heterocycles. The molecule has 2 N–H and O–H groups in total. The van der Waals surface area contributed by atoms with Crippen LogP contribution in [0.25, 0.3) is 0 Å². The van der Waals surface area contributed by atoms with Gasteiger partial charge in [0.1, 0.15) is 18.0 Å². The minimum absolute atomic E-state index is 0.129. The number of halogens is 3. The fraction of sp³-hybridized carbons (Fsp3) is 0.0909. The smallest absolute Gasteiger partial charge is 0.411 e. The maximum Gasteiger partial charge on any atom is 0.411 e. The Labute approximate surface area is 115 Å². The molecule has 5 nitrogen and oxygen atoms in total. The predicted octanol–water partition coefficient (Wildman–Crippen LogP) is 3.16. The molecule has 8 heteroatoms. The van der Waals surface area contributed by atoms with Gasteiger partial charge >= 0.3 is 12.1 Å². The van der Waals surface area contributed by atoms with Crippen molar-refractivity contribution in [1.29, 1.82) is 0 Å². The molecule has 0 aliphatic carbocycles. The van der Waals surface area contributed by atoms with Crippen LogP contribution in [0, 0.1) is 11.6 Å². The molecule has 1 aromatic carbocycles. The van der Waals surface area contributed by atoms with E-state index in [-0.39, 0.29) is 6.61 Å². The largest absolute Gasteiger partial charge is 0.478 e. The maximum atomic E-state index is 13.6. The Hall–Kier alpha value is -1.96. The van der Waals surface area contributed by atoms with E-state index in [0.717, 1.165) is 0 Å². The first kappa shape index (κ1) is 15.1. The molecule has 0 aromatic heterocycles. The average molecular weight is 336 g/mol. The van der Waals surface area contributed by atoms with Crippen LogP contribution in [0.3, 0.4) is 0 Å². The number of hydrogen-bond donors (Lipinski definition) is 2. The third-order valence-electron chi connectivity index (χ3n) is 1.95. The van der Waals surface area contributed by atoms with Gasteiger partial charge < -0.3 is 9.84 Å². The van der Waals surface area contributed by atoms with Gasteiger partial charge in [0.25, 0.3) is 0 Å². The van der Waals surface area contributed by atoms with E-state index in [1.807, 2.05) is 5.32 Å². The number of carboxylic acids is 1. The molecule has 0 saturated heterocycles. The van der Waals surface area contributed by atoms with E-state index in [0.29, 0.717) is 6.07 Å². The van der Waals surface area contributed by atoms with Crippen molar-refractivity contribution in [3.8, 4) is 0 Å². The summed E-state index contributed by atoms with van der Waals surface area (Å²) < 4.78 is 30.8. The van der Waals surface area contributed by atoms with Crippen molar-refractivity contribution < 1.29 is 28.2 Å². The van der Waals surface area contributed by atoms with Gasteiger partial charge in [-0.05, 0) is 22.0 Å². The van der Waals surface area contributed by atoms with Crippen LogP contribution >= 0.6 is 15.9 Å². The Bertz CT molecular complexity index is 548. The van der Waals surface area contributed by atoms with Crippen molar-refractivity contribution in [3.63, 3.8) is 0 Å². The summed E-state index contributed by atoms with van der Waals surface area (Å²) in [7, 11) is 0. The van der Waals surface area contributed by atoms with E-state index < -0.39 is 39.4 Å². The first-order chi connectivity index (χ1) is 8.88. The van der Waals surface area contributed by atoms with Crippen LogP contribution < -0.4 is 5.32 Å². The van der Waals surface area contributed by atoms with Gasteiger partial charge in [0.05, 0.1) is 10.2 Å². The molecule has 19 heavy (non-hydrogen) atoms. The Balaban J connectivity index is 3.16. The number of carbonyl (C=O) groups excluding carboxylic acids is 1. The lowest BCUT2D eigenvalue weighted by atomic mass is 10.1. The number of aromatic carboxylic acids is 1. The standard InChI is InChI=1S/C11H8BrF2NO4/c1-2-3-19-11(18)15-6-4-5(13)8(12)9(14)7(6)10(16)17/h2,4H,1,3H2,(H,15,18)(H,16,17). The molecule has 0 radical (unpaired) electrons. The van der Waals surface area contributed by atoms with Crippen LogP contribution in [0.2, 0.25) is 0 Å². The van der Waals surface area contributed by atoms with Gasteiger partial charge in [0.2, 0.25) is 0 Å². The predicted molar refractivity (Wildman–Crippen MR) is 66.2 cm³/mol. The summed E-state index contributed by atoms with van der Waals surface area (Å²) in [5.74, 6) is -4.04. The first-order valence-electron chi connectivity index (χ1n) is 4.84. The topological polar surface area (TPSA) is 75.6 Å². The van der Waals surface area contributed by atoms with Crippen molar-refractivity contribution in [1.82, 2.24) is 0 Å². The van der Waals surface area contributed by atoms with Crippen molar-refractivity contribution in [2.24, 2.45) is 0 Å². The van der Waals surface area contributed by atoms with E-state index in [1.165, 1.54) is 6.08 Å². The Kier molecular flexibility index (Phi) is 4.99. The minimum atomic E-state index is -1.66. The highest BCUT2D eigenvalue weighted by Gasteiger charge is 2.23. The highest BCUT2D eigenvalue weighted by molar-refractivity contribution is 9.10. The van der Waals surface area contributed by atoms with Crippen molar-refractivity contribution in [3.05, 3.63) is 40.4 Å². The molecule has 0 spiro atoms. The molecule has 0 bridgehead atoms. The Morgan fingerprint density at radius 1 is 1.53 bits per heavy atom. The number of anilines is 1. The fourth-order valence-electron chi connectivity index (χ4n) is 1.18. The third kappa shape index (κ3) is 3.50. The van der Waals surface area contributed by atoms with Crippen LogP contribution in [-0.4, -0.2) is 23.8 Å². The zero-order chi connectivity index (χ0) is 14.6. The number of benzene rings is 1. The second-order valence-corrected chi connectivity index (χ2v) is 4.02. The summed E-state index contributed by atoms with van der Waals surface area (Å²) in [5, 5.41) is 10.8. The summed E-state index contributed by atoms with van der Waals surface area (Å²) in [6.07, 6.45) is 0.226. The van der Waals surface area contributed by atoms with Gasteiger partial charge in [0, 0.05) is 0 Å². The summed E-state index contributed by atoms with van der Waals surface area (Å²) in [6.45, 7) is 3.17. The lowest BCUT2D eigenvalue weighted by molar-refractivity contribution is 0.0693. The first-order valence-corrected chi connectivity index (χ1v) is 5.63. The molecule has 0 aliphatic rings.